The van der Waals surface area contributed by atoms with Crippen molar-refractivity contribution >= 4 is 17.3 Å². The minimum absolute atomic E-state index is 0.0543. The highest BCUT2D eigenvalue weighted by atomic mass is 19.4. The van der Waals surface area contributed by atoms with Crippen molar-refractivity contribution in [1.29, 1.82) is 0 Å². The number of benzene rings is 1. The number of aromatic nitrogens is 2. The van der Waals surface area contributed by atoms with Gasteiger partial charge in [0, 0.05) is 26.2 Å². The number of nitrogens with zero attached hydrogens (tertiary/aromatic N) is 3. The van der Waals surface area contributed by atoms with Gasteiger partial charge in [0.25, 0.3) is 11.5 Å². The van der Waals surface area contributed by atoms with E-state index in [-0.39, 0.29) is 16.9 Å². The number of hydrogen-bond donors (Lipinski definition) is 1. The van der Waals surface area contributed by atoms with Crippen LogP contribution < -0.4 is 15.8 Å². The molecule has 1 aliphatic rings. The molecule has 0 unspecified atom stereocenters. The largest absolute Gasteiger partial charge is 0.416 e. The van der Waals surface area contributed by atoms with E-state index < -0.39 is 17.6 Å². The molecule has 6 nitrogen and oxygen atoms in total. The monoisotopic (exact) mass is 394 g/mol. The Balaban J connectivity index is 1.96. The summed E-state index contributed by atoms with van der Waals surface area (Å²) in [5.74, 6) is -0.675. The molecule has 1 N–H and O–H groups in total. The molecule has 0 radical (unpaired) electrons. The normalized spacial score (nSPS) is 15.2. The highest BCUT2D eigenvalue weighted by Crippen LogP contribution is 2.36. The highest BCUT2D eigenvalue weighted by molar-refractivity contribution is 6.04. The van der Waals surface area contributed by atoms with E-state index in [0.717, 1.165) is 42.5 Å². The van der Waals surface area contributed by atoms with Crippen molar-refractivity contribution in [3.63, 3.8) is 0 Å². The zero-order valence-electron chi connectivity index (χ0n) is 15.4. The van der Waals surface area contributed by atoms with E-state index >= 15 is 0 Å². The predicted octanol–water partition coefficient (Wildman–Crippen LogP) is 3.43. The minimum atomic E-state index is -4.52. The van der Waals surface area contributed by atoms with E-state index in [1.165, 1.54) is 25.2 Å². The molecule has 0 atom stereocenters. The fourth-order valence-electron chi connectivity index (χ4n) is 3.21. The second kappa shape index (κ2) is 8.04. The molecule has 0 aliphatic carbocycles. The SMILES string of the molecule is Cn1nc(C(=O)Nc2cc(C(F)(F)F)ccc2N2CCCCCC2)ccc1=O. The van der Waals surface area contributed by atoms with Gasteiger partial charge in [0.1, 0.15) is 5.69 Å². The van der Waals surface area contributed by atoms with Crippen LogP contribution in [0.15, 0.2) is 35.1 Å². The predicted molar refractivity (Wildman–Crippen MR) is 99.6 cm³/mol. The van der Waals surface area contributed by atoms with Gasteiger partial charge in [-0.05, 0) is 37.1 Å². The van der Waals surface area contributed by atoms with Crippen LogP contribution in [0.3, 0.4) is 0 Å². The molecule has 1 fully saturated rings. The topological polar surface area (TPSA) is 67.2 Å². The molecular formula is C19H21F3N4O2. The number of carbonyl (C=O) groups excluding carboxylic acids is 1. The third-order valence-corrected chi connectivity index (χ3v) is 4.71. The van der Waals surface area contributed by atoms with Crippen LogP contribution in [-0.2, 0) is 13.2 Å². The van der Waals surface area contributed by atoms with Crippen LogP contribution in [0.4, 0.5) is 24.5 Å². The van der Waals surface area contributed by atoms with Gasteiger partial charge in [-0.3, -0.25) is 9.59 Å². The summed E-state index contributed by atoms with van der Waals surface area (Å²) in [6, 6.07) is 5.80. The molecule has 0 spiro atoms. The van der Waals surface area contributed by atoms with Crippen LogP contribution in [-0.4, -0.2) is 28.8 Å². The summed E-state index contributed by atoms with van der Waals surface area (Å²) in [7, 11) is 1.39. The summed E-state index contributed by atoms with van der Waals surface area (Å²) in [6.45, 7) is 1.43. The molecule has 1 aliphatic heterocycles. The summed E-state index contributed by atoms with van der Waals surface area (Å²) in [5, 5.41) is 6.40. The second-order valence-corrected chi connectivity index (χ2v) is 6.77. The number of carbonyl (C=O) groups is 1. The van der Waals surface area contributed by atoms with Crippen molar-refractivity contribution in [2.75, 3.05) is 23.3 Å². The van der Waals surface area contributed by atoms with Gasteiger partial charge < -0.3 is 10.2 Å². The Kier molecular flexibility index (Phi) is 5.71. The zero-order valence-corrected chi connectivity index (χ0v) is 15.4. The molecular weight excluding hydrogens is 373 g/mol. The van der Waals surface area contributed by atoms with Gasteiger partial charge >= 0.3 is 6.18 Å². The van der Waals surface area contributed by atoms with Crippen molar-refractivity contribution < 1.29 is 18.0 Å². The van der Waals surface area contributed by atoms with Crippen molar-refractivity contribution in [3.8, 4) is 0 Å². The maximum absolute atomic E-state index is 13.2. The third kappa shape index (κ3) is 4.52. The molecule has 3 rings (SSSR count). The Bertz CT molecular complexity index is 916. The molecule has 1 saturated heterocycles. The quantitative estimate of drug-likeness (QED) is 0.866. The van der Waals surface area contributed by atoms with Crippen LogP contribution in [0.25, 0.3) is 0 Å². The molecule has 150 valence electrons. The molecule has 28 heavy (non-hydrogen) atoms. The Morgan fingerprint density at radius 3 is 2.36 bits per heavy atom. The number of hydrogen-bond acceptors (Lipinski definition) is 4. The summed E-state index contributed by atoms with van der Waals surface area (Å²) < 4.78 is 40.6. The highest BCUT2D eigenvalue weighted by Gasteiger charge is 2.32. The van der Waals surface area contributed by atoms with Crippen LogP contribution in [0.2, 0.25) is 0 Å². The van der Waals surface area contributed by atoms with Crippen LogP contribution in [0.1, 0.15) is 41.7 Å². The Labute approximate surface area is 160 Å². The summed E-state index contributed by atoms with van der Waals surface area (Å²) in [6.07, 6.45) is -0.499. The molecule has 1 amide bonds. The Morgan fingerprint density at radius 2 is 1.75 bits per heavy atom. The van der Waals surface area contributed by atoms with Crippen LogP contribution >= 0.6 is 0 Å². The molecule has 9 heteroatoms. The molecule has 2 heterocycles. The lowest BCUT2D eigenvalue weighted by Crippen LogP contribution is -2.27. The van der Waals surface area contributed by atoms with Gasteiger partial charge in [0.15, 0.2) is 0 Å². The van der Waals surface area contributed by atoms with Gasteiger partial charge in [-0.1, -0.05) is 12.8 Å². The smallest absolute Gasteiger partial charge is 0.370 e. The van der Waals surface area contributed by atoms with E-state index in [4.69, 9.17) is 0 Å². The average molecular weight is 394 g/mol. The summed E-state index contributed by atoms with van der Waals surface area (Å²) in [4.78, 5) is 26.0. The van der Waals surface area contributed by atoms with E-state index in [2.05, 4.69) is 10.4 Å². The first-order chi connectivity index (χ1) is 13.3. The van der Waals surface area contributed by atoms with Crippen molar-refractivity contribution in [2.24, 2.45) is 7.05 Å². The molecule has 2 aromatic rings. The first-order valence-corrected chi connectivity index (χ1v) is 9.07. The lowest BCUT2D eigenvalue weighted by molar-refractivity contribution is -0.137. The minimum Gasteiger partial charge on any atom is -0.370 e. The third-order valence-electron chi connectivity index (χ3n) is 4.71. The molecule has 1 aromatic heterocycles. The number of amides is 1. The van der Waals surface area contributed by atoms with E-state index in [1.54, 1.807) is 0 Å². The van der Waals surface area contributed by atoms with Crippen LogP contribution in [0.5, 0.6) is 0 Å². The Hall–Kier alpha value is -2.84. The number of halogens is 3. The standard InChI is InChI=1S/C19H21F3N4O2/c1-25-17(27)9-7-14(24-25)18(28)23-15-12-13(19(20,21)22)6-8-16(15)26-10-4-2-3-5-11-26/h6-9,12H,2-5,10-11H2,1H3,(H,23,28). The molecule has 0 saturated carbocycles. The first kappa shape index (κ1) is 19.9. The lowest BCUT2D eigenvalue weighted by Gasteiger charge is -2.26. The number of nitrogens with one attached hydrogen (secondary N) is 1. The molecule has 1 aromatic carbocycles. The van der Waals surface area contributed by atoms with E-state index in [0.29, 0.717) is 18.8 Å². The fraction of sp³-hybridized carbons (Fsp3) is 0.421. The van der Waals surface area contributed by atoms with Gasteiger partial charge in [0.2, 0.25) is 0 Å². The molecule has 0 bridgehead atoms. The fourth-order valence-corrected chi connectivity index (χ4v) is 3.21. The maximum Gasteiger partial charge on any atom is 0.416 e. The summed E-state index contributed by atoms with van der Waals surface area (Å²) >= 11 is 0. The Morgan fingerprint density at radius 1 is 1.07 bits per heavy atom. The number of anilines is 2. The average Bonchev–Trinajstić information content (AvgIpc) is 2.92. The zero-order chi connectivity index (χ0) is 20.3. The van der Waals surface area contributed by atoms with Gasteiger partial charge in [-0.25, -0.2) is 4.68 Å². The maximum atomic E-state index is 13.2. The lowest BCUT2D eigenvalue weighted by atomic mass is 10.1. The second-order valence-electron chi connectivity index (χ2n) is 6.77. The van der Waals surface area contributed by atoms with Crippen molar-refractivity contribution in [2.45, 2.75) is 31.9 Å². The van der Waals surface area contributed by atoms with Crippen molar-refractivity contribution in [1.82, 2.24) is 9.78 Å². The summed E-state index contributed by atoms with van der Waals surface area (Å²) in [5.41, 5.74) is -0.651. The van der Waals surface area contributed by atoms with E-state index in [9.17, 15) is 22.8 Å². The number of alkyl halides is 3. The van der Waals surface area contributed by atoms with Gasteiger partial charge in [0.05, 0.1) is 16.9 Å². The number of rotatable bonds is 3. The number of aryl methyl sites for hydroxylation is 1. The van der Waals surface area contributed by atoms with Crippen LogP contribution in [0, 0.1) is 0 Å². The first-order valence-electron chi connectivity index (χ1n) is 9.07. The van der Waals surface area contributed by atoms with E-state index in [1.807, 2.05) is 4.90 Å². The van der Waals surface area contributed by atoms with Gasteiger partial charge in [-0.15, -0.1) is 0 Å². The van der Waals surface area contributed by atoms with Gasteiger partial charge in [-0.2, -0.15) is 18.3 Å². The van der Waals surface area contributed by atoms with Crippen molar-refractivity contribution in [3.05, 3.63) is 51.9 Å².